The van der Waals surface area contributed by atoms with Gasteiger partial charge in [-0.05, 0) is 155 Å². The molecule has 1 aromatic heterocycles. The number of halogens is 3. The van der Waals surface area contributed by atoms with Crippen LogP contribution in [0.15, 0.2) is 72.2 Å². The van der Waals surface area contributed by atoms with Crippen LogP contribution < -0.4 is 25.2 Å². The van der Waals surface area contributed by atoms with Crippen molar-refractivity contribution in [3.05, 3.63) is 94.6 Å². The van der Waals surface area contributed by atoms with Crippen LogP contribution in [0.4, 0.5) is 24.5 Å². The minimum atomic E-state index is -4.79. The quantitative estimate of drug-likeness (QED) is 0.110. The number of carbonyl (C=O) groups is 4. The molecule has 4 aliphatic rings. The molecule has 0 radical (unpaired) electrons. The van der Waals surface area contributed by atoms with Crippen LogP contribution in [0.25, 0.3) is 10.4 Å². The fourth-order valence-corrected chi connectivity index (χ4v) is 12.1. The predicted molar refractivity (Wildman–Crippen MR) is 268 cm³/mol. The molecule has 4 fully saturated rings. The van der Waals surface area contributed by atoms with Gasteiger partial charge in [0.15, 0.2) is 5.11 Å². The number of anilines is 2. The van der Waals surface area contributed by atoms with Crippen LogP contribution in [0.3, 0.4) is 0 Å². The van der Waals surface area contributed by atoms with Gasteiger partial charge in [0, 0.05) is 12.2 Å². The van der Waals surface area contributed by atoms with E-state index in [2.05, 4.69) is 15.6 Å². The highest BCUT2D eigenvalue weighted by molar-refractivity contribution is 7.81. The van der Waals surface area contributed by atoms with Gasteiger partial charge in [0.25, 0.3) is 5.91 Å². The van der Waals surface area contributed by atoms with E-state index >= 15 is 0 Å². The number of alkyl halides is 3. The Hall–Kier alpha value is -5.90. The second-order valence-electron chi connectivity index (χ2n) is 21.2. The second kappa shape index (κ2) is 20.0. The zero-order chi connectivity index (χ0) is 51.2. The van der Waals surface area contributed by atoms with E-state index in [0.29, 0.717) is 55.9 Å². The van der Waals surface area contributed by atoms with Crippen molar-refractivity contribution in [3.8, 4) is 22.3 Å². The molecule has 1 unspecified atom stereocenters. The third kappa shape index (κ3) is 10.7. The first-order valence-electron chi connectivity index (χ1n) is 24.0. The van der Waals surface area contributed by atoms with Gasteiger partial charge in [0.1, 0.15) is 30.0 Å². The number of rotatable bonds is 15. The Bertz CT molecular complexity index is 2720. The summed E-state index contributed by atoms with van der Waals surface area (Å²) >= 11 is 7.26. The maximum absolute atomic E-state index is 14.1. The summed E-state index contributed by atoms with van der Waals surface area (Å²) in [6, 6.07) is 18.1. The molecular formula is C53H60F3N7O6S2. The van der Waals surface area contributed by atoms with Crippen molar-refractivity contribution in [3.63, 3.8) is 0 Å². The molecule has 2 N–H and O–H groups in total. The topological polar surface area (TPSA) is 157 Å². The molecule has 8 rings (SSSR count). The van der Waals surface area contributed by atoms with Crippen molar-refractivity contribution in [2.75, 3.05) is 36.2 Å². The normalized spacial score (nSPS) is 22.7. The maximum Gasteiger partial charge on any atom is 0.417 e. The molecule has 13 nitrogen and oxygen atoms in total. The lowest BCUT2D eigenvalue weighted by Crippen LogP contribution is -2.58. The Balaban J connectivity index is 0.756. The SMILES string of the molecule is Cc1ncsc1-c1ccc([C@H](C)NC(=O)[C@@H]2CCCN2C(=O)C(NC(=O)COCC2CC3(C2)CC(COc2ccc(N4C(=S)N(c5ccc(C#N)c(C(F)(F)F)c5)C(=O)C4(C)C)cc2)C3)C(C)(C)C)cc1. The summed E-state index contributed by atoms with van der Waals surface area (Å²) in [5.41, 5.74) is 2.05. The number of likely N-dealkylation sites (tertiary alicyclic amines) is 1. The zero-order valence-corrected chi connectivity index (χ0v) is 42.7. The van der Waals surface area contributed by atoms with E-state index in [4.69, 9.17) is 21.7 Å². The molecule has 4 aromatic rings. The average Bonchev–Trinajstić information content (AvgIpc) is 4.01. The van der Waals surface area contributed by atoms with E-state index in [-0.39, 0.29) is 46.6 Å². The Morgan fingerprint density at radius 1 is 0.958 bits per heavy atom. The molecule has 0 bridgehead atoms. The van der Waals surface area contributed by atoms with E-state index in [1.54, 1.807) is 65.3 Å². The molecule has 1 spiro atoms. The Morgan fingerprint density at radius 3 is 2.21 bits per heavy atom. The summed E-state index contributed by atoms with van der Waals surface area (Å²) in [7, 11) is 0. The van der Waals surface area contributed by atoms with Gasteiger partial charge in [-0.1, -0.05) is 45.0 Å². The van der Waals surface area contributed by atoms with E-state index in [1.165, 1.54) is 6.07 Å². The number of aromatic nitrogens is 1. The van der Waals surface area contributed by atoms with Gasteiger partial charge in [0.05, 0.1) is 58.2 Å². The molecule has 2 saturated carbocycles. The number of thiocarbonyl (C=S) groups is 1. The molecule has 3 heterocycles. The average molecular weight is 1010 g/mol. The number of hydrogen-bond acceptors (Lipinski definition) is 10. The van der Waals surface area contributed by atoms with Crippen LogP contribution in [0.1, 0.15) is 108 Å². The first-order chi connectivity index (χ1) is 33.5. The monoisotopic (exact) mass is 1010 g/mol. The lowest BCUT2D eigenvalue weighted by Gasteiger charge is -2.57. The number of aryl methyl sites for hydroxylation is 1. The third-order valence-corrected chi connectivity index (χ3v) is 15.8. The molecule has 376 valence electrons. The third-order valence-electron chi connectivity index (χ3n) is 14.4. The van der Waals surface area contributed by atoms with Gasteiger partial charge in [-0.15, -0.1) is 11.3 Å². The van der Waals surface area contributed by atoms with Crippen LogP contribution in [0.5, 0.6) is 5.75 Å². The number of ether oxygens (including phenoxy) is 2. The Kier molecular flexibility index (Phi) is 14.5. The number of nitrogens with one attached hydrogen (secondary N) is 2. The van der Waals surface area contributed by atoms with Crippen molar-refractivity contribution in [2.24, 2.45) is 22.7 Å². The molecule has 3 atom stereocenters. The van der Waals surface area contributed by atoms with Crippen LogP contribution in [-0.4, -0.2) is 82.6 Å². The number of nitriles is 1. The van der Waals surface area contributed by atoms with Crippen molar-refractivity contribution in [1.82, 2.24) is 20.5 Å². The number of hydrogen-bond donors (Lipinski definition) is 2. The molecular weight excluding hydrogens is 952 g/mol. The number of nitrogens with zero attached hydrogens (tertiary/aromatic N) is 5. The highest BCUT2D eigenvalue weighted by Gasteiger charge is 2.53. The summed E-state index contributed by atoms with van der Waals surface area (Å²) in [5, 5.41) is 15.3. The van der Waals surface area contributed by atoms with Crippen LogP contribution in [0.2, 0.25) is 0 Å². The van der Waals surface area contributed by atoms with Crippen LogP contribution >= 0.6 is 23.6 Å². The summed E-state index contributed by atoms with van der Waals surface area (Å²) < 4.78 is 53.3. The van der Waals surface area contributed by atoms with Crippen LogP contribution in [-0.2, 0) is 30.1 Å². The van der Waals surface area contributed by atoms with Gasteiger partial charge in [-0.2, -0.15) is 18.4 Å². The van der Waals surface area contributed by atoms with Gasteiger partial charge in [0.2, 0.25) is 17.7 Å². The minimum Gasteiger partial charge on any atom is -0.493 e. The first kappa shape index (κ1) is 51.5. The number of carbonyl (C=O) groups excluding carboxylic acids is 4. The van der Waals surface area contributed by atoms with E-state index in [1.807, 2.05) is 64.4 Å². The second-order valence-corrected chi connectivity index (χ2v) is 22.4. The number of amides is 4. The lowest BCUT2D eigenvalue weighted by molar-refractivity contribution is -0.145. The minimum absolute atomic E-state index is 0.0157. The van der Waals surface area contributed by atoms with Crippen LogP contribution in [0, 0.1) is 40.9 Å². The largest absolute Gasteiger partial charge is 0.493 e. The number of thiazole rings is 1. The predicted octanol–water partition coefficient (Wildman–Crippen LogP) is 9.53. The van der Waals surface area contributed by atoms with E-state index in [0.717, 1.165) is 64.4 Å². The Labute approximate surface area is 422 Å². The van der Waals surface area contributed by atoms with Crippen molar-refractivity contribution < 1.29 is 41.8 Å². The smallest absolute Gasteiger partial charge is 0.417 e. The summed E-state index contributed by atoms with van der Waals surface area (Å²) in [6.07, 6.45) is 0.473. The van der Waals surface area contributed by atoms with Crippen molar-refractivity contribution in [1.29, 1.82) is 5.26 Å². The molecule has 71 heavy (non-hydrogen) atoms. The molecule has 2 aliphatic carbocycles. The molecule has 18 heteroatoms. The fraction of sp³-hybridized carbons (Fsp3) is 0.491. The van der Waals surface area contributed by atoms with Gasteiger partial charge >= 0.3 is 6.18 Å². The summed E-state index contributed by atoms with van der Waals surface area (Å²) in [4.78, 5) is 64.4. The summed E-state index contributed by atoms with van der Waals surface area (Å²) in [5.74, 6) is -0.0341. The van der Waals surface area contributed by atoms with Crippen molar-refractivity contribution in [2.45, 2.75) is 117 Å². The lowest BCUT2D eigenvalue weighted by atomic mass is 9.48. The standard InChI is InChI=1S/C53H60F3N7O6S2/c1-31(35-10-12-36(13-11-35)44-32(2)58-30-71-44)59-46(65)42-9-8-20-61(42)47(66)45(50(3,4)5)60-43(64)29-68-27-33-22-52(23-33)24-34(25-52)28-69-40-18-16-38(17-19-40)63-49(70)62(48(67)51(63,6)7)39-15-14-37(26-57)41(21-39)53(54,55)56/h10-19,21,30-31,33-34,42,45H,8-9,20,22-25,27-29H2,1-7H3,(H,59,65)(H,60,64)/t31-,33?,34?,42-,45?,52?/m0/s1. The highest BCUT2D eigenvalue weighted by atomic mass is 32.1. The molecule has 2 saturated heterocycles. The van der Waals surface area contributed by atoms with E-state index < -0.39 is 46.2 Å². The van der Waals surface area contributed by atoms with Gasteiger partial charge in [-0.25, -0.2) is 4.98 Å². The van der Waals surface area contributed by atoms with Gasteiger partial charge in [-0.3, -0.25) is 24.1 Å². The molecule has 4 amide bonds. The number of benzene rings is 3. The maximum atomic E-state index is 14.1. The molecule has 3 aromatic carbocycles. The fourth-order valence-electron chi connectivity index (χ4n) is 10.8. The van der Waals surface area contributed by atoms with E-state index in [9.17, 15) is 37.6 Å². The zero-order valence-electron chi connectivity index (χ0n) is 41.0. The van der Waals surface area contributed by atoms with Gasteiger partial charge < -0.3 is 29.9 Å². The highest BCUT2D eigenvalue weighted by Crippen LogP contribution is 2.61. The molecule has 2 aliphatic heterocycles. The first-order valence-corrected chi connectivity index (χ1v) is 25.3. The Morgan fingerprint density at radius 2 is 1.61 bits per heavy atom. The van der Waals surface area contributed by atoms with Crippen molar-refractivity contribution >= 4 is 63.7 Å². The summed E-state index contributed by atoms with van der Waals surface area (Å²) in [6.45, 7) is 14.1.